The zero-order valence-corrected chi connectivity index (χ0v) is 13.4. The molecular weight excluding hydrogens is 306 g/mol. The highest BCUT2D eigenvalue weighted by molar-refractivity contribution is 6.00. The van der Waals surface area contributed by atoms with Crippen LogP contribution in [0.3, 0.4) is 0 Å². The van der Waals surface area contributed by atoms with Gasteiger partial charge in [0.25, 0.3) is 5.91 Å². The Labute approximate surface area is 139 Å². The third-order valence-corrected chi connectivity index (χ3v) is 3.64. The van der Waals surface area contributed by atoms with Crippen molar-refractivity contribution < 1.29 is 14.1 Å². The maximum Gasteiger partial charge on any atom is 0.257 e. The van der Waals surface area contributed by atoms with Crippen molar-refractivity contribution in [1.82, 2.24) is 15.5 Å². The Morgan fingerprint density at radius 1 is 1.17 bits per heavy atom. The number of benzene rings is 1. The molecule has 0 bridgehead atoms. The monoisotopic (exact) mass is 323 g/mol. The van der Waals surface area contributed by atoms with Crippen LogP contribution in [0, 0.1) is 6.92 Å². The zero-order valence-electron chi connectivity index (χ0n) is 13.4. The predicted octanol–water partition coefficient (Wildman–Crippen LogP) is 2.98. The van der Waals surface area contributed by atoms with Crippen molar-refractivity contribution in [3.8, 4) is 17.1 Å². The van der Waals surface area contributed by atoms with Crippen LogP contribution in [0.15, 0.2) is 53.3 Å². The summed E-state index contributed by atoms with van der Waals surface area (Å²) in [5.41, 5.74) is 2.73. The molecule has 0 saturated carbocycles. The Morgan fingerprint density at radius 2 is 1.88 bits per heavy atom. The minimum atomic E-state index is -0.226. The van der Waals surface area contributed by atoms with Crippen LogP contribution in [0.1, 0.15) is 21.6 Å². The Hall–Kier alpha value is -3.15. The first-order chi connectivity index (χ1) is 11.7. The zero-order chi connectivity index (χ0) is 16.9. The molecule has 0 unspecified atom stereocenters. The van der Waals surface area contributed by atoms with E-state index < -0.39 is 0 Å². The highest BCUT2D eigenvalue weighted by Gasteiger charge is 2.21. The van der Waals surface area contributed by atoms with Crippen LogP contribution in [-0.4, -0.2) is 23.2 Å². The number of rotatable bonds is 5. The minimum absolute atomic E-state index is 0.226. The van der Waals surface area contributed by atoms with Crippen LogP contribution in [-0.2, 0) is 6.54 Å². The van der Waals surface area contributed by atoms with Crippen LogP contribution in [0.25, 0.3) is 11.3 Å². The fourth-order valence-corrected chi connectivity index (χ4v) is 2.35. The van der Waals surface area contributed by atoms with Crippen LogP contribution in [0.4, 0.5) is 0 Å². The minimum Gasteiger partial charge on any atom is -0.497 e. The van der Waals surface area contributed by atoms with Gasteiger partial charge in [-0.25, -0.2) is 0 Å². The molecule has 3 rings (SSSR count). The number of nitrogens with zero attached hydrogens (tertiary/aromatic N) is 2. The first-order valence-corrected chi connectivity index (χ1v) is 7.47. The molecule has 3 aromatic rings. The molecule has 0 fully saturated rings. The first-order valence-electron chi connectivity index (χ1n) is 7.47. The lowest BCUT2D eigenvalue weighted by Gasteiger charge is -2.07. The average molecular weight is 323 g/mol. The number of pyridine rings is 1. The van der Waals surface area contributed by atoms with E-state index in [0.717, 1.165) is 16.9 Å². The Morgan fingerprint density at radius 3 is 2.54 bits per heavy atom. The average Bonchev–Trinajstić information content (AvgIpc) is 3.02. The topological polar surface area (TPSA) is 77.2 Å². The van der Waals surface area contributed by atoms with Crippen molar-refractivity contribution in [2.24, 2.45) is 0 Å². The summed E-state index contributed by atoms with van der Waals surface area (Å²) in [4.78, 5) is 16.5. The quantitative estimate of drug-likeness (QED) is 0.781. The molecule has 6 heteroatoms. The number of amides is 1. The number of hydrogen-bond acceptors (Lipinski definition) is 5. The van der Waals surface area contributed by atoms with Crippen LogP contribution in [0.2, 0.25) is 0 Å². The number of aryl methyl sites for hydroxylation is 1. The van der Waals surface area contributed by atoms with Gasteiger partial charge < -0.3 is 14.6 Å². The summed E-state index contributed by atoms with van der Waals surface area (Å²) < 4.78 is 10.5. The third kappa shape index (κ3) is 3.27. The Kier molecular flexibility index (Phi) is 4.56. The lowest BCUT2D eigenvalue weighted by atomic mass is 10.1. The number of ether oxygens (including phenoxy) is 1. The second kappa shape index (κ2) is 6.95. The van der Waals surface area contributed by atoms with E-state index in [1.165, 1.54) is 0 Å². The van der Waals surface area contributed by atoms with Gasteiger partial charge in [0.1, 0.15) is 11.3 Å². The molecule has 0 radical (unpaired) electrons. The van der Waals surface area contributed by atoms with Gasteiger partial charge in [0.2, 0.25) is 0 Å². The fraction of sp³-hybridized carbons (Fsp3) is 0.167. The molecule has 0 aliphatic heterocycles. The molecule has 6 nitrogen and oxygen atoms in total. The maximum absolute atomic E-state index is 12.6. The van der Waals surface area contributed by atoms with E-state index in [0.29, 0.717) is 23.6 Å². The van der Waals surface area contributed by atoms with Gasteiger partial charge in [-0.2, -0.15) is 0 Å². The van der Waals surface area contributed by atoms with Gasteiger partial charge in [-0.05, 0) is 36.8 Å². The van der Waals surface area contributed by atoms with Crippen molar-refractivity contribution in [1.29, 1.82) is 0 Å². The second-order valence-electron chi connectivity index (χ2n) is 5.24. The smallest absolute Gasteiger partial charge is 0.257 e. The second-order valence-corrected chi connectivity index (χ2v) is 5.24. The fourth-order valence-electron chi connectivity index (χ4n) is 2.35. The number of nitrogens with one attached hydrogen (secondary N) is 1. The summed E-state index contributed by atoms with van der Waals surface area (Å²) >= 11 is 0. The SMILES string of the molecule is COc1ccc(CNC(=O)c2c(C)noc2-c2ccncc2)cc1. The number of hydrogen-bond donors (Lipinski definition) is 1. The summed E-state index contributed by atoms with van der Waals surface area (Å²) in [5.74, 6) is 0.999. The molecular formula is C18H17N3O3. The highest BCUT2D eigenvalue weighted by Crippen LogP contribution is 2.25. The van der Waals surface area contributed by atoms with E-state index in [9.17, 15) is 4.79 Å². The van der Waals surface area contributed by atoms with Gasteiger partial charge in [0.15, 0.2) is 5.76 Å². The summed E-state index contributed by atoms with van der Waals surface area (Å²) in [7, 11) is 1.62. The van der Waals surface area contributed by atoms with E-state index in [1.807, 2.05) is 24.3 Å². The molecule has 0 saturated heterocycles. The molecule has 24 heavy (non-hydrogen) atoms. The molecule has 2 aromatic heterocycles. The summed E-state index contributed by atoms with van der Waals surface area (Å²) in [5, 5.41) is 6.81. The van der Waals surface area contributed by atoms with Crippen molar-refractivity contribution in [3.63, 3.8) is 0 Å². The molecule has 1 amide bonds. The van der Waals surface area contributed by atoms with Crippen LogP contribution < -0.4 is 10.1 Å². The number of carbonyl (C=O) groups excluding carboxylic acids is 1. The van der Waals surface area contributed by atoms with E-state index in [2.05, 4.69) is 15.5 Å². The van der Waals surface area contributed by atoms with Gasteiger partial charge >= 0.3 is 0 Å². The van der Waals surface area contributed by atoms with Crippen molar-refractivity contribution in [3.05, 3.63) is 65.6 Å². The predicted molar refractivity (Wildman–Crippen MR) is 88.6 cm³/mol. The van der Waals surface area contributed by atoms with Gasteiger partial charge in [-0.1, -0.05) is 17.3 Å². The summed E-state index contributed by atoms with van der Waals surface area (Å²) in [6.07, 6.45) is 3.29. The lowest BCUT2D eigenvalue weighted by Crippen LogP contribution is -2.23. The Balaban J connectivity index is 1.76. The normalized spacial score (nSPS) is 10.4. The summed E-state index contributed by atoms with van der Waals surface area (Å²) in [6.45, 7) is 2.15. The van der Waals surface area contributed by atoms with Crippen molar-refractivity contribution >= 4 is 5.91 Å². The molecule has 122 valence electrons. The van der Waals surface area contributed by atoms with Crippen LogP contribution >= 0.6 is 0 Å². The van der Waals surface area contributed by atoms with Gasteiger partial charge in [-0.15, -0.1) is 0 Å². The van der Waals surface area contributed by atoms with E-state index in [-0.39, 0.29) is 5.91 Å². The van der Waals surface area contributed by atoms with Gasteiger partial charge in [0, 0.05) is 24.5 Å². The largest absolute Gasteiger partial charge is 0.497 e. The van der Waals surface area contributed by atoms with E-state index in [1.54, 1.807) is 38.6 Å². The standard InChI is InChI=1S/C18H17N3O3/c1-12-16(17(24-21-12)14-7-9-19-10-8-14)18(22)20-11-13-3-5-15(23-2)6-4-13/h3-10H,11H2,1-2H3,(H,20,22). The lowest BCUT2D eigenvalue weighted by molar-refractivity contribution is 0.0950. The highest BCUT2D eigenvalue weighted by atomic mass is 16.5. The number of aromatic nitrogens is 2. The molecule has 0 spiro atoms. The Bertz CT molecular complexity index is 826. The van der Waals surface area contributed by atoms with E-state index in [4.69, 9.17) is 9.26 Å². The van der Waals surface area contributed by atoms with E-state index >= 15 is 0 Å². The molecule has 2 heterocycles. The van der Waals surface area contributed by atoms with Gasteiger partial charge in [-0.3, -0.25) is 9.78 Å². The first kappa shape index (κ1) is 15.7. The number of carbonyl (C=O) groups is 1. The van der Waals surface area contributed by atoms with Crippen molar-refractivity contribution in [2.75, 3.05) is 7.11 Å². The summed E-state index contributed by atoms with van der Waals surface area (Å²) in [6, 6.07) is 11.1. The third-order valence-electron chi connectivity index (χ3n) is 3.64. The molecule has 1 aromatic carbocycles. The molecule has 0 aliphatic carbocycles. The number of methoxy groups -OCH3 is 1. The molecule has 1 N–H and O–H groups in total. The molecule has 0 aliphatic rings. The maximum atomic E-state index is 12.6. The van der Waals surface area contributed by atoms with Crippen molar-refractivity contribution in [2.45, 2.75) is 13.5 Å². The van der Waals surface area contributed by atoms with Crippen LogP contribution in [0.5, 0.6) is 5.75 Å². The molecule has 0 atom stereocenters. The van der Waals surface area contributed by atoms with Gasteiger partial charge in [0.05, 0.1) is 12.8 Å².